The number of nitrogens with one attached hydrogen (secondary N) is 1. The third-order valence-corrected chi connectivity index (χ3v) is 5.56. The lowest BCUT2D eigenvalue weighted by molar-refractivity contribution is 0.0256. The van der Waals surface area contributed by atoms with E-state index in [1.165, 1.54) is 11.1 Å². The lowest BCUT2D eigenvalue weighted by Gasteiger charge is -2.32. The number of halogens is 2. The molecule has 0 unspecified atom stereocenters. The third-order valence-electron chi connectivity index (χ3n) is 5.56. The molecule has 2 aromatic heterocycles. The number of rotatable bonds is 4. The quantitative estimate of drug-likeness (QED) is 0.824. The number of pyridine rings is 2. The Hall–Kier alpha value is -3.30. The molecule has 0 aliphatic carbocycles. The number of anilines is 3. The Morgan fingerprint density at radius 3 is 2.57 bits per heavy atom. The zero-order valence-electron chi connectivity index (χ0n) is 16.2. The summed E-state index contributed by atoms with van der Waals surface area (Å²) in [7, 11) is 0. The van der Waals surface area contributed by atoms with E-state index in [-0.39, 0.29) is 13.0 Å². The molecule has 2 fully saturated rings. The van der Waals surface area contributed by atoms with E-state index in [0.29, 0.717) is 54.6 Å². The minimum absolute atomic E-state index is 0.188. The predicted molar refractivity (Wildman–Crippen MR) is 106 cm³/mol. The van der Waals surface area contributed by atoms with Gasteiger partial charge in [-0.2, -0.15) is 10.5 Å². The molecule has 0 aromatic carbocycles. The zero-order valence-corrected chi connectivity index (χ0v) is 16.2. The maximum atomic E-state index is 13.8. The van der Waals surface area contributed by atoms with Crippen LogP contribution in [0.25, 0.3) is 0 Å². The van der Waals surface area contributed by atoms with Gasteiger partial charge in [-0.3, -0.25) is 0 Å². The fraction of sp³-hybridized carbons (Fsp3) is 0.429. The first-order valence-electron chi connectivity index (χ1n) is 9.71. The van der Waals surface area contributed by atoms with Gasteiger partial charge < -0.3 is 15.0 Å². The van der Waals surface area contributed by atoms with Gasteiger partial charge in [0, 0.05) is 32.4 Å². The van der Waals surface area contributed by atoms with E-state index in [0.717, 1.165) is 0 Å². The monoisotopic (exact) mass is 410 g/mol. The fourth-order valence-electron chi connectivity index (χ4n) is 3.83. The van der Waals surface area contributed by atoms with Crippen molar-refractivity contribution >= 4 is 17.5 Å². The first-order chi connectivity index (χ1) is 14.4. The van der Waals surface area contributed by atoms with Crippen molar-refractivity contribution in [3.63, 3.8) is 0 Å². The van der Waals surface area contributed by atoms with Crippen molar-refractivity contribution in [2.45, 2.75) is 30.6 Å². The van der Waals surface area contributed by atoms with Crippen LogP contribution in [0.3, 0.4) is 0 Å². The van der Waals surface area contributed by atoms with Crippen molar-refractivity contribution in [1.82, 2.24) is 9.97 Å². The molecule has 2 aliphatic heterocycles. The second-order valence-electron chi connectivity index (χ2n) is 7.60. The van der Waals surface area contributed by atoms with Gasteiger partial charge in [-0.15, -0.1) is 0 Å². The molecule has 2 aliphatic rings. The molecule has 4 rings (SSSR count). The molecular formula is C21H20F2N6O. The number of ether oxygens (including phenoxy) is 1. The summed E-state index contributed by atoms with van der Waals surface area (Å²) in [6, 6.07) is 11.1. The van der Waals surface area contributed by atoms with Crippen LogP contribution in [0.1, 0.15) is 30.4 Å². The van der Waals surface area contributed by atoms with Crippen molar-refractivity contribution in [3.05, 3.63) is 41.6 Å². The van der Waals surface area contributed by atoms with Gasteiger partial charge in [-0.25, -0.2) is 18.7 Å². The Morgan fingerprint density at radius 1 is 1.10 bits per heavy atom. The van der Waals surface area contributed by atoms with Gasteiger partial charge in [0.25, 0.3) is 5.92 Å². The van der Waals surface area contributed by atoms with E-state index in [4.69, 9.17) is 10.00 Å². The van der Waals surface area contributed by atoms with Gasteiger partial charge in [0.2, 0.25) is 0 Å². The van der Waals surface area contributed by atoms with Crippen LogP contribution in [-0.2, 0) is 10.2 Å². The second-order valence-corrected chi connectivity index (χ2v) is 7.60. The van der Waals surface area contributed by atoms with Crippen LogP contribution in [-0.4, -0.2) is 42.2 Å². The average Bonchev–Trinajstić information content (AvgIpc) is 3.14. The molecule has 1 N–H and O–H groups in total. The molecule has 154 valence electrons. The van der Waals surface area contributed by atoms with E-state index < -0.39 is 17.9 Å². The molecule has 4 heterocycles. The first-order valence-corrected chi connectivity index (χ1v) is 9.71. The summed E-state index contributed by atoms with van der Waals surface area (Å²) in [5.74, 6) is -1.57. The highest BCUT2D eigenvalue weighted by atomic mass is 19.3. The van der Waals surface area contributed by atoms with Gasteiger partial charge in [0.05, 0.1) is 29.7 Å². The Balaban J connectivity index is 1.74. The number of alkyl halides is 2. The van der Waals surface area contributed by atoms with Gasteiger partial charge >= 0.3 is 0 Å². The first kappa shape index (κ1) is 20.0. The molecule has 0 bridgehead atoms. The second kappa shape index (κ2) is 7.85. The van der Waals surface area contributed by atoms with Crippen LogP contribution in [0.2, 0.25) is 0 Å². The molecule has 9 heteroatoms. The van der Waals surface area contributed by atoms with Crippen molar-refractivity contribution in [2.24, 2.45) is 0 Å². The van der Waals surface area contributed by atoms with Crippen LogP contribution in [0, 0.1) is 22.7 Å². The Kier molecular flexibility index (Phi) is 5.23. The molecule has 2 aromatic rings. The largest absolute Gasteiger partial charge is 0.381 e. The van der Waals surface area contributed by atoms with E-state index in [1.807, 2.05) is 6.07 Å². The van der Waals surface area contributed by atoms with Crippen LogP contribution in [0.5, 0.6) is 0 Å². The summed E-state index contributed by atoms with van der Waals surface area (Å²) in [5, 5.41) is 22.1. The molecule has 0 radical (unpaired) electrons. The Labute approximate surface area is 172 Å². The van der Waals surface area contributed by atoms with E-state index in [1.54, 1.807) is 24.3 Å². The maximum Gasteiger partial charge on any atom is 0.266 e. The molecular weight excluding hydrogens is 390 g/mol. The Morgan fingerprint density at radius 2 is 1.90 bits per heavy atom. The summed E-state index contributed by atoms with van der Waals surface area (Å²) in [5.41, 5.74) is 0.379. The van der Waals surface area contributed by atoms with Crippen molar-refractivity contribution < 1.29 is 13.5 Å². The smallest absolute Gasteiger partial charge is 0.266 e. The van der Waals surface area contributed by atoms with E-state index >= 15 is 0 Å². The van der Waals surface area contributed by atoms with Crippen LogP contribution < -0.4 is 10.2 Å². The zero-order chi connectivity index (χ0) is 21.2. The predicted octanol–water partition coefficient (Wildman–Crippen LogP) is 3.51. The topological polar surface area (TPSA) is 97.9 Å². The average molecular weight is 410 g/mol. The highest BCUT2D eigenvalue weighted by Crippen LogP contribution is 2.38. The summed E-state index contributed by atoms with van der Waals surface area (Å²) in [6.07, 6.45) is 2.31. The standard InChI is InChI=1S/C21H20F2N6O/c22-21(23)2-6-29(14-21)19-11-16(20(13-25)3-7-30-8-4-20)10-18(28-19)27-17-9-15(12-24)1-5-26-17/h1,5,9-11H,2-4,6-8,14H2,(H,26,27,28). The summed E-state index contributed by atoms with van der Waals surface area (Å²) >= 11 is 0. The molecule has 0 spiro atoms. The molecule has 30 heavy (non-hydrogen) atoms. The third kappa shape index (κ3) is 4.03. The number of aromatic nitrogens is 2. The lowest BCUT2D eigenvalue weighted by Crippen LogP contribution is -2.33. The summed E-state index contributed by atoms with van der Waals surface area (Å²) in [6.45, 7) is 0.699. The number of hydrogen-bond donors (Lipinski definition) is 1. The van der Waals surface area contributed by atoms with Gasteiger partial charge in [-0.05, 0) is 42.7 Å². The Bertz CT molecular complexity index is 1020. The van der Waals surface area contributed by atoms with Crippen molar-refractivity contribution in [2.75, 3.05) is 36.5 Å². The van der Waals surface area contributed by atoms with Crippen LogP contribution in [0.4, 0.5) is 26.2 Å². The van der Waals surface area contributed by atoms with Crippen molar-refractivity contribution in [3.8, 4) is 12.1 Å². The van der Waals surface area contributed by atoms with Crippen LogP contribution in [0.15, 0.2) is 30.5 Å². The summed E-state index contributed by atoms with van der Waals surface area (Å²) < 4.78 is 33.1. The number of hydrogen-bond acceptors (Lipinski definition) is 7. The molecule has 0 atom stereocenters. The van der Waals surface area contributed by atoms with Crippen LogP contribution >= 0.6 is 0 Å². The van der Waals surface area contributed by atoms with E-state index in [9.17, 15) is 14.0 Å². The minimum Gasteiger partial charge on any atom is -0.381 e. The highest BCUT2D eigenvalue weighted by Gasteiger charge is 2.40. The van der Waals surface area contributed by atoms with E-state index in [2.05, 4.69) is 21.4 Å². The van der Waals surface area contributed by atoms with Gasteiger partial charge in [0.15, 0.2) is 0 Å². The van der Waals surface area contributed by atoms with Crippen molar-refractivity contribution in [1.29, 1.82) is 10.5 Å². The highest BCUT2D eigenvalue weighted by molar-refractivity contribution is 5.60. The van der Waals surface area contributed by atoms with Gasteiger partial charge in [-0.1, -0.05) is 0 Å². The number of nitrogens with zero attached hydrogens (tertiary/aromatic N) is 5. The minimum atomic E-state index is -2.76. The molecule has 0 saturated carbocycles. The SMILES string of the molecule is N#Cc1ccnc(Nc2cc(C3(C#N)CCOCC3)cc(N3CCC(F)(F)C3)n2)c1. The normalized spacial score (nSPS) is 19.7. The fourth-order valence-corrected chi connectivity index (χ4v) is 3.83. The maximum absolute atomic E-state index is 13.8. The molecule has 7 nitrogen and oxygen atoms in total. The van der Waals surface area contributed by atoms with Gasteiger partial charge in [0.1, 0.15) is 17.5 Å². The number of nitriles is 2. The summed E-state index contributed by atoms with van der Waals surface area (Å²) in [4.78, 5) is 10.2. The molecule has 0 amide bonds. The molecule has 2 saturated heterocycles. The lowest BCUT2D eigenvalue weighted by atomic mass is 9.75.